The standard InChI is InChI=1S/C20H25ClN4O2/c1-13-19(20(27)22-12-16-5-4-6-17(21)11-16)23-14(2)25(13)18-7-9-24(10-8-18)15(3)26/h4-6,11,18H,7-10,12H2,1-3H3,(H,22,27). The van der Waals surface area contributed by atoms with E-state index in [1.165, 1.54) is 0 Å². The molecule has 1 aliphatic heterocycles. The summed E-state index contributed by atoms with van der Waals surface area (Å²) in [5.74, 6) is 0.769. The van der Waals surface area contributed by atoms with Crippen LogP contribution in [0.2, 0.25) is 5.02 Å². The van der Waals surface area contributed by atoms with E-state index in [0.717, 1.165) is 43.0 Å². The molecule has 0 atom stereocenters. The van der Waals surface area contributed by atoms with E-state index in [1.807, 2.05) is 36.9 Å². The maximum Gasteiger partial charge on any atom is 0.272 e. The summed E-state index contributed by atoms with van der Waals surface area (Å²) in [5, 5.41) is 3.57. The number of carbonyl (C=O) groups is 2. The predicted molar refractivity (Wildman–Crippen MR) is 105 cm³/mol. The molecule has 27 heavy (non-hydrogen) atoms. The number of benzene rings is 1. The fraction of sp³-hybridized carbons (Fsp3) is 0.450. The van der Waals surface area contributed by atoms with Crippen LogP contribution in [-0.4, -0.2) is 39.4 Å². The van der Waals surface area contributed by atoms with Crippen LogP contribution in [0.5, 0.6) is 0 Å². The maximum absolute atomic E-state index is 12.6. The molecule has 0 aliphatic carbocycles. The van der Waals surface area contributed by atoms with Crippen LogP contribution in [0.15, 0.2) is 24.3 Å². The second kappa shape index (κ2) is 8.13. The molecule has 1 saturated heterocycles. The molecule has 1 fully saturated rings. The number of hydrogen-bond acceptors (Lipinski definition) is 3. The number of hydrogen-bond donors (Lipinski definition) is 1. The van der Waals surface area contributed by atoms with Crippen molar-refractivity contribution in [3.05, 3.63) is 52.1 Å². The summed E-state index contributed by atoms with van der Waals surface area (Å²) < 4.78 is 2.14. The zero-order valence-corrected chi connectivity index (χ0v) is 16.7. The van der Waals surface area contributed by atoms with Crippen LogP contribution in [0.1, 0.15) is 53.4 Å². The monoisotopic (exact) mass is 388 g/mol. The first kappa shape index (κ1) is 19.4. The SMILES string of the molecule is CC(=O)N1CCC(n2c(C)nc(C(=O)NCc3cccc(Cl)c3)c2C)CC1. The first-order valence-corrected chi connectivity index (χ1v) is 9.58. The molecule has 1 aromatic carbocycles. The third-order valence-corrected chi connectivity index (χ3v) is 5.39. The highest BCUT2D eigenvalue weighted by Crippen LogP contribution is 2.27. The van der Waals surface area contributed by atoms with Crippen molar-refractivity contribution in [3.8, 4) is 0 Å². The summed E-state index contributed by atoms with van der Waals surface area (Å²) >= 11 is 5.99. The Morgan fingerprint density at radius 2 is 1.96 bits per heavy atom. The van der Waals surface area contributed by atoms with Gasteiger partial charge in [-0.1, -0.05) is 23.7 Å². The molecule has 7 heteroatoms. The number of aromatic nitrogens is 2. The maximum atomic E-state index is 12.6. The smallest absolute Gasteiger partial charge is 0.272 e. The molecule has 0 bridgehead atoms. The quantitative estimate of drug-likeness (QED) is 0.874. The second-order valence-corrected chi connectivity index (χ2v) is 7.45. The van der Waals surface area contributed by atoms with Crippen molar-refractivity contribution in [3.63, 3.8) is 0 Å². The van der Waals surface area contributed by atoms with Gasteiger partial charge in [0.1, 0.15) is 11.5 Å². The lowest BCUT2D eigenvalue weighted by molar-refractivity contribution is -0.130. The van der Waals surface area contributed by atoms with E-state index >= 15 is 0 Å². The highest BCUT2D eigenvalue weighted by atomic mass is 35.5. The van der Waals surface area contributed by atoms with E-state index in [1.54, 1.807) is 13.0 Å². The van der Waals surface area contributed by atoms with E-state index in [9.17, 15) is 9.59 Å². The molecule has 1 aromatic heterocycles. The Morgan fingerprint density at radius 3 is 2.59 bits per heavy atom. The van der Waals surface area contributed by atoms with Crippen molar-refractivity contribution in [1.82, 2.24) is 19.8 Å². The number of nitrogens with one attached hydrogen (secondary N) is 1. The van der Waals surface area contributed by atoms with Gasteiger partial charge in [-0.25, -0.2) is 4.98 Å². The molecule has 0 radical (unpaired) electrons. The Morgan fingerprint density at radius 1 is 1.26 bits per heavy atom. The Bertz CT molecular complexity index is 854. The largest absolute Gasteiger partial charge is 0.347 e. The number of halogens is 1. The number of amides is 2. The molecule has 0 unspecified atom stereocenters. The van der Waals surface area contributed by atoms with Crippen LogP contribution >= 0.6 is 11.6 Å². The van der Waals surface area contributed by atoms with Crippen LogP contribution in [0.25, 0.3) is 0 Å². The molecule has 0 spiro atoms. The Labute approximate surface area is 164 Å². The topological polar surface area (TPSA) is 67.2 Å². The highest BCUT2D eigenvalue weighted by molar-refractivity contribution is 6.30. The first-order chi connectivity index (χ1) is 12.9. The molecule has 144 valence electrons. The normalized spacial score (nSPS) is 15.0. The van der Waals surface area contributed by atoms with Gasteiger partial charge in [0.25, 0.3) is 5.91 Å². The number of rotatable bonds is 4. The van der Waals surface area contributed by atoms with Crippen molar-refractivity contribution in [2.75, 3.05) is 13.1 Å². The van der Waals surface area contributed by atoms with Crippen LogP contribution in [0.4, 0.5) is 0 Å². The molecule has 2 amide bonds. The summed E-state index contributed by atoms with van der Waals surface area (Å²) in [5.41, 5.74) is 2.28. The summed E-state index contributed by atoms with van der Waals surface area (Å²) in [6.07, 6.45) is 1.75. The average Bonchev–Trinajstić information content (AvgIpc) is 2.94. The van der Waals surface area contributed by atoms with E-state index in [0.29, 0.717) is 17.3 Å². The van der Waals surface area contributed by atoms with Crippen molar-refractivity contribution in [2.45, 2.75) is 46.2 Å². The molecule has 2 aromatic rings. The van der Waals surface area contributed by atoms with Gasteiger partial charge in [0.15, 0.2) is 0 Å². The molecule has 6 nitrogen and oxygen atoms in total. The third kappa shape index (κ3) is 4.33. The van der Waals surface area contributed by atoms with Crippen molar-refractivity contribution in [2.24, 2.45) is 0 Å². The van der Waals surface area contributed by atoms with Crippen LogP contribution in [0.3, 0.4) is 0 Å². The molecule has 2 heterocycles. The van der Waals surface area contributed by atoms with Gasteiger partial charge in [-0.15, -0.1) is 0 Å². The van der Waals surface area contributed by atoms with Crippen LogP contribution in [0, 0.1) is 13.8 Å². The minimum atomic E-state index is -0.185. The second-order valence-electron chi connectivity index (χ2n) is 7.01. The molecular formula is C20H25ClN4O2. The summed E-state index contributed by atoms with van der Waals surface area (Å²) in [6, 6.07) is 7.69. The minimum Gasteiger partial charge on any atom is -0.347 e. The number of nitrogens with zero attached hydrogens (tertiary/aromatic N) is 3. The van der Waals surface area contributed by atoms with E-state index in [-0.39, 0.29) is 17.9 Å². The zero-order valence-electron chi connectivity index (χ0n) is 16.0. The Hall–Kier alpha value is -2.34. The lowest BCUT2D eigenvalue weighted by Gasteiger charge is -2.33. The van der Waals surface area contributed by atoms with Gasteiger partial charge in [-0.3, -0.25) is 9.59 Å². The first-order valence-electron chi connectivity index (χ1n) is 9.20. The molecule has 1 N–H and O–H groups in total. The summed E-state index contributed by atoms with van der Waals surface area (Å²) in [4.78, 5) is 30.6. The fourth-order valence-corrected chi connectivity index (χ4v) is 3.97. The fourth-order valence-electron chi connectivity index (χ4n) is 3.76. The zero-order chi connectivity index (χ0) is 19.6. The van der Waals surface area contributed by atoms with Gasteiger partial charge in [-0.05, 0) is 44.4 Å². The summed E-state index contributed by atoms with van der Waals surface area (Å²) in [7, 11) is 0. The van der Waals surface area contributed by atoms with Crippen LogP contribution in [-0.2, 0) is 11.3 Å². The van der Waals surface area contributed by atoms with Gasteiger partial charge in [0.2, 0.25) is 5.91 Å². The number of aryl methyl sites for hydroxylation is 1. The summed E-state index contributed by atoms with van der Waals surface area (Å²) in [6.45, 7) is 7.36. The van der Waals surface area contributed by atoms with E-state index in [2.05, 4.69) is 14.9 Å². The van der Waals surface area contributed by atoms with Crippen molar-refractivity contribution >= 4 is 23.4 Å². The van der Waals surface area contributed by atoms with E-state index in [4.69, 9.17) is 11.6 Å². The third-order valence-electron chi connectivity index (χ3n) is 5.16. The Balaban J connectivity index is 1.69. The molecule has 3 rings (SSSR count). The van der Waals surface area contributed by atoms with E-state index < -0.39 is 0 Å². The van der Waals surface area contributed by atoms with Gasteiger partial charge in [0, 0.05) is 43.3 Å². The molecule has 1 aliphatic rings. The van der Waals surface area contributed by atoms with Crippen LogP contribution < -0.4 is 5.32 Å². The lowest BCUT2D eigenvalue weighted by Crippen LogP contribution is -2.38. The highest BCUT2D eigenvalue weighted by Gasteiger charge is 2.26. The van der Waals surface area contributed by atoms with Crippen molar-refractivity contribution in [1.29, 1.82) is 0 Å². The van der Waals surface area contributed by atoms with Gasteiger partial charge >= 0.3 is 0 Å². The molecular weight excluding hydrogens is 364 g/mol. The predicted octanol–water partition coefficient (Wildman–Crippen LogP) is 3.27. The lowest BCUT2D eigenvalue weighted by atomic mass is 10.0. The minimum absolute atomic E-state index is 0.119. The average molecular weight is 389 g/mol. The van der Waals surface area contributed by atoms with Crippen molar-refractivity contribution < 1.29 is 9.59 Å². The van der Waals surface area contributed by atoms with Gasteiger partial charge < -0.3 is 14.8 Å². The number of imidazole rings is 1. The van der Waals surface area contributed by atoms with Gasteiger partial charge in [-0.2, -0.15) is 0 Å². The number of likely N-dealkylation sites (tertiary alicyclic amines) is 1. The number of carbonyl (C=O) groups excluding carboxylic acids is 2. The Kier molecular flexibility index (Phi) is 5.85. The van der Waals surface area contributed by atoms with Gasteiger partial charge in [0.05, 0.1) is 0 Å². The number of piperidine rings is 1. The molecule has 0 saturated carbocycles.